The third-order valence-electron chi connectivity index (χ3n) is 5.74. The Balaban J connectivity index is 0.00000364. The Kier molecular flexibility index (Phi) is 11.8. The molecule has 0 spiro atoms. The maximum Gasteiger partial charge on any atom is 0.230 e. The van der Waals surface area contributed by atoms with E-state index in [0.717, 1.165) is 62.6 Å². The van der Waals surface area contributed by atoms with Crippen molar-refractivity contribution < 1.29 is 14.3 Å². The molecule has 1 aromatic rings. The molecule has 28 heavy (non-hydrogen) atoms. The number of nitrogens with two attached hydrogens (primary N) is 1. The van der Waals surface area contributed by atoms with Crippen LogP contribution in [0.2, 0.25) is 0 Å². The van der Waals surface area contributed by atoms with Crippen molar-refractivity contribution in [3.8, 4) is 11.5 Å². The Labute approximate surface area is 181 Å². The maximum atomic E-state index is 13.0. The molecule has 0 aromatic heterocycles. The minimum atomic E-state index is -0.405. The van der Waals surface area contributed by atoms with Gasteiger partial charge in [0, 0.05) is 44.8 Å². The van der Waals surface area contributed by atoms with Crippen LogP contribution in [0.1, 0.15) is 32.3 Å². The van der Waals surface area contributed by atoms with E-state index in [-0.39, 0.29) is 30.7 Å². The van der Waals surface area contributed by atoms with E-state index in [2.05, 4.69) is 18.7 Å². The van der Waals surface area contributed by atoms with E-state index >= 15 is 0 Å². The van der Waals surface area contributed by atoms with Gasteiger partial charge in [-0.05, 0) is 31.0 Å². The van der Waals surface area contributed by atoms with Gasteiger partial charge in [-0.15, -0.1) is 24.8 Å². The van der Waals surface area contributed by atoms with Gasteiger partial charge in [-0.2, -0.15) is 0 Å². The lowest BCUT2D eigenvalue weighted by Gasteiger charge is -2.40. The second-order valence-corrected chi connectivity index (χ2v) is 6.94. The van der Waals surface area contributed by atoms with Gasteiger partial charge < -0.3 is 20.1 Å². The summed E-state index contributed by atoms with van der Waals surface area (Å²) in [6.45, 7) is 8.49. The van der Waals surface area contributed by atoms with Crippen molar-refractivity contribution >= 4 is 30.7 Å². The first-order valence-electron chi connectivity index (χ1n) is 9.46. The number of carbonyl (C=O) groups excluding carboxylic acids is 1. The van der Waals surface area contributed by atoms with E-state index in [0.29, 0.717) is 6.54 Å². The van der Waals surface area contributed by atoms with E-state index in [4.69, 9.17) is 15.2 Å². The summed E-state index contributed by atoms with van der Waals surface area (Å²) >= 11 is 0. The molecule has 2 rings (SSSR count). The number of hydrogen-bond donors (Lipinski definition) is 1. The number of methoxy groups -OCH3 is 2. The molecular formula is C20H35Cl2N3O3. The molecule has 2 N–H and O–H groups in total. The van der Waals surface area contributed by atoms with Crippen molar-refractivity contribution in [3.05, 3.63) is 23.8 Å². The summed E-state index contributed by atoms with van der Waals surface area (Å²) in [5.74, 6) is 1.90. The molecule has 1 fully saturated rings. The lowest BCUT2D eigenvalue weighted by molar-refractivity contribution is -0.144. The number of halogens is 2. The summed E-state index contributed by atoms with van der Waals surface area (Å²) in [5, 5.41) is 0. The molecule has 0 saturated carbocycles. The lowest BCUT2D eigenvalue weighted by Crippen LogP contribution is -2.54. The fraction of sp³-hybridized carbons (Fsp3) is 0.650. The average Bonchev–Trinajstić information content (AvgIpc) is 2.70. The number of benzene rings is 1. The number of piperazine rings is 1. The highest BCUT2D eigenvalue weighted by atomic mass is 35.5. The Hall–Kier alpha value is -1.21. The van der Waals surface area contributed by atoms with Crippen molar-refractivity contribution in [1.29, 1.82) is 0 Å². The number of amides is 1. The van der Waals surface area contributed by atoms with E-state index in [1.54, 1.807) is 14.2 Å². The predicted octanol–water partition coefficient (Wildman–Crippen LogP) is 2.96. The number of hydrogen-bond acceptors (Lipinski definition) is 5. The molecule has 1 amide bonds. The first kappa shape index (κ1) is 26.8. The molecule has 1 heterocycles. The summed E-state index contributed by atoms with van der Waals surface area (Å²) in [6, 6.07) is 5.86. The average molecular weight is 436 g/mol. The Morgan fingerprint density at radius 2 is 1.68 bits per heavy atom. The smallest absolute Gasteiger partial charge is 0.230 e. The maximum absolute atomic E-state index is 13.0. The zero-order valence-corrected chi connectivity index (χ0v) is 19.0. The number of carbonyl (C=O) groups is 1. The quantitative estimate of drug-likeness (QED) is 0.679. The van der Waals surface area contributed by atoms with Crippen LogP contribution in [0.15, 0.2) is 18.2 Å². The summed E-state index contributed by atoms with van der Waals surface area (Å²) in [6.07, 6.45) is 1.58. The monoisotopic (exact) mass is 435 g/mol. The van der Waals surface area contributed by atoms with Crippen molar-refractivity contribution in [1.82, 2.24) is 9.80 Å². The molecule has 1 saturated heterocycles. The molecule has 8 heteroatoms. The highest BCUT2D eigenvalue weighted by Crippen LogP contribution is 2.29. The first-order chi connectivity index (χ1) is 12.5. The second kappa shape index (κ2) is 12.4. The zero-order chi connectivity index (χ0) is 19.2. The van der Waals surface area contributed by atoms with Gasteiger partial charge in [-0.25, -0.2) is 0 Å². The zero-order valence-electron chi connectivity index (χ0n) is 17.4. The molecule has 0 unspecified atom stereocenters. The van der Waals surface area contributed by atoms with Gasteiger partial charge in [0.05, 0.1) is 19.6 Å². The van der Waals surface area contributed by atoms with Crippen LogP contribution in [0.25, 0.3) is 0 Å². The van der Waals surface area contributed by atoms with Crippen LogP contribution in [0.4, 0.5) is 0 Å². The molecule has 0 bridgehead atoms. The summed E-state index contributed by atoms with van der Waals surface area (Å²) in [4.78, 5) is 17.3. The van der Waals surface area contributed by atoms with Crippen LogP contribution < -0.4 is 15.2 Å². The number of rotatable bonds is 8. The summed E-state index contributed by atoms with van der Waals surface area (Å²) in [5.41, 5.74) is 6.64. The van der Waals surface area contributed by atoms with Crippen LogP contribution >= 0.6 is 24.8 Å². The standard InChI is InChI=1S/C20H33N3O3.2ClH/c1-5-20(6-2,15-21)19(24)23-11-9-22(10-12-23)14-16-13-17(25-3)7-8-18(16)26-4;;/h7-8,13H,5-6,9-12,14-15,21H2,1-4H3;2*1H. The van der Waals surface area contributed by atoms with E-state index in [9.17, 15) is 4.79 Å². The number of ether oxygens (including phenoxy) is 2. The van der Waals surface area contributed by atoms with E-state index in [1.807, 2.05) is 23.1 Å². The van der Waals surface area contributed by atoms with Crippen molar-refractivity contribution in [2.24, 2.45) is 11.1 Å². The fourth-order valence-electron chi connectivity index (χ4n) is 3.62. The van der Waals surface area contributed by atoms with E-state index < -0.39 is 5.41 Å². The molecule has 0 radical (unpaired) electrons. The largest absolute Gasteiger partial charge is 0.497 e. The predicted molar refractivity (Wildman–Crippen MR) is 118 cm³/mol. The lowest BCUT2D eigenvalue weighted by atomic mass is 9.81. The van der Waals surface area contributed by atoms with Gasteiger partial charge in [0.1, 0.15) is 11.5 Å². The van der Waals surface area contributed by atoms with Crippen LogP contribution in [-0.4, -0.2) is 62.7 Å². The Morgan fingerprint density at radius 3 is 2.14 bits per heavy atom. The fourth-order valence-corrected chi connectivity index (χ4v) is 3.62. The third kappa shape index (κ3) is 5.89. The van der Waals surface area contributed by atoms with Gasteiger partial charge in [0.2, 0.25) is 5.91 Å². The Bertz CT molecular complexity index is 596. The molecule has 1 aliphatic heterocycles. The van der Waals surface area contributed by atoms with Crippen LogP contribution in [0.3, 0.4) is 0 Å². The van der Waals surface area contributed by atoms with Gasteiger partial charge in [-0.1, -0.05) is 13.8 Å². The van der Waals surface area contributed by atoms with Crippen molar-refractivity contribution in [2.75, 3.05) is 46.9 Å². The molecule has 6 nitrogen and oxygen atoms in total. The molecule has 162 valence electrons. The molecule has 0 atom stereocenters. The topological polar surface area (TPSA) is 68.0 Å². The van der Waals surface area contributed by atoms with Crippen molar-refractivity contribution in [2.45, 2.75) is 33.2 Å². The first-order valence-corrected chi connectivity index (χ1v) is 9.46. The van der Waals surface area contributed by atoms with Crippen LogP contribution in [0.5, 0.6) is 11.5 Å². The molecule has 1 aromatic carbocycles. The Morgan fingerprint density at radius 1 is 1.07 bits per heavy atom. The second-order valence-electron chi connectivity index (χ2n) is 6.94. The number of nitrogens with zero attached hydrogens (tertiary/aromatic N) is 2. The molecule has 1 aliphatic rings. The highest BCUT2D eigenvalue weighted by Gasteiger charge is 2.37. The molecular weight excluding hydrogens is 401 g/mol. The van der Waals surface area contributed by atoms with E-state index in [1.165, 1.54) is 0 Å². The van der Waals surface area contributed by atoms with Gasteiger partial charge in [0.15, 0.2) is 0 Å². The van der Waals surface area contributed by atoms with Gasteiger partial charge in [0.25, 0.3) is 0 Å². The normalized spacial score (nSPS) is 14.7. The minimum Gasteiger partial charge on any atom is -0.497 e. The van der Waals surface area contributed by atoms with Crippen LogP contribution in [-0.2, 0) is 11.3 Å². The van der Waals surface area contributed by atoms with Crippen LogP contribution in [0, 0.1) is 5.41 Å². The van der Waals surface area contributed by atoms with Gasteiger partial charge in [-0.3, -0.25) is 9.69 Å². The minimum absolute atomic E-state index is 0. The summed E-state index contributed by atoms with van der Waals surface area (Å²) < 4.78 is 10.8. The van der Waals surface area contributed by atoms with Gasteiger partial charge >= 0.3 is 0 Å². The third-order valence-corrected chi connectivity index (χ3v) is 5.74. The summed E-state index contributed by atoms with van der Waals surface area (Å²) in [7, 11) is 3.35. The molecule has 0 aliphatic carbocycles. The van der Waals surface area contributed by atoms with Crippen molar-refractivity contribution in [3.63, 3.8) is 0 Å². The highest BCUT2D eigenvalue weighted by molar-refractivity contribution is 5.85. The SMILES string of the molecule is CCC(CC)(CN)C(=O)N1CCN(Cc2cc(OC)ccc2OC)CC1.Cl.Cl.